The van der Waals surface area contributed by atoms with E-state index in [0.29, 0.717) is 6.42 Å². The van der Waals surface area contributed by atoms with Crippen LogP contribution in [0.1, 0.15) is 27.2 Å². The highest BCUT2D eigenvalue weighted by Crippen LogP contribution is 2.22. The molecule has 6 heteroatoms. The maximum Gasteiger partial charge on any atom is 0.240 e. The van der Waals surface area contributed by atoms with Crippen LogP contribution in [0.5, 0.6) is 0 Å². The average molecular weight is 262 g/mol. The zero-order valence-electron chi connectivity index (χ0n) is 10.9. The third-order valence-corrected chi connectivity index (χ3v) is 5.05. The Kier molecular flexibility index (Phi) is 3.88. The Morgan fingerprint density at radius 2 is 1.94 bits per heavy atom. The molecule has 1 aliphatic heterocycles. The molecule has 0 bridgehead atoms. The molecule has 17 heavy (non-hydrogen) atoms. The summed E-state index contributed by atoms with van der Waals surface area (Å²) in [6.07, 6.45) is 0.515. The molecule has 0 aromatic heterocycles. The average Bonchev–Trinajstić information content (AvgIpc) is 2.54. The van der Waals surface area contributed by atoms with Gasteiger partial charge in [0.1, 0.15) is 0 Å². The predicted molar refractivity (Wildman–Crippen MR) is 67.3 cm³/mol. The van der Waals surface area contributed by atoms with Crippen molar-refractivity contribution in [2.75, 3.05) is 18.6 Å². The van der Waals surface area contributed by atoms with Crippen molar-refractivity contribution in [2.45, 2.75) is 39.3 Å². The van der Waals surface area contributed by atoms with E-state index < -0.39 is 15.9 Å². The molecular weight excluding hydrogens is 240 g/mol. The van der Waals surface area contributed by atoms with Crippen molar-refractivity contribution >= 4 is 15.7 Å². The Labute approximate surface area is 103 Å². The van der Waals surface area contributed by atoms with Gasteiger partial charge in [-0.1, -0.05) is 20.8 Å². The lowest BCUT2D eigenvalue weighted by Crippen LogP contribution is -2.52. The van der Waals surface area contributed by atoms with Crippen molar-refractivity contribution in [1.29, 1.82) is 0 Å². The quantitative estimate of drug-likeness (QED) is 0.760. The first-order valence-corrected chi connectivity index (χ1v) is 7.59. The monoisotopic (exact) mass is 262 g/mol. The van der Waals surface area contributed by atoms with Crippen LogP contribution in [0.3, 0.4) is 0 Å². The van der Waals surface area contributed by atoms with E-state index >= 15 is 0 Å². The van der Waals surface area contributed by atoms with Gasteiger partial charge in [0.2, 0.25) is 5.91 Å². The molecule has 0 saturated carbocycles. The summed E-state index contributed by atoms with van der Waals surface area (Å²) in [5.41, 5.74) is 5.57. The minimum atomic E-state index is -2.97. The van der Waals surface area contributed by atoms with Gasteiger partial charge in [-0.3, -0.25) is 4.79 Å². The summed E-state index contributed by atoms with van der Waals surface area (Å²) in [5.74, 6) is 0.0474. The first kappa shape index (κ1) is 14.4. The molecule has 2 atom stereocenters. The van der Waals surface area contributed by atoms with Gasteiger partial charge in [0.05, 0.1) is 17.5 Å². The van der Waals surface area contributed by atoms with Gasteiger partial charge < -0.3 is 10.6 Å². The smallest absolute Gasteiger partial charge is 0.240 e. The molecule has 0 spiro atoms. The number of carbonyl (C=O) groups excluding carboxylic acids is 1. The van der Waals surface area contributed by atoms with Crippen LogP contribution in [0.15, 0.2) is 0 Å². The Balaban J connectivity index is 2.72. The van der Waals surface area contributed by atoms with Gasteiger partial charge in [-0.05, 0) is 11.8 Å². The van der Waals surface area contributed by atoms with Crippen LogP contribution >= 0.6 is 0 Å². The molecule has 1 saturated heterocycles. The normalized spacial score (nSPS) is 25.6. The van der Waals surface area contributed by atoms with E-state index in [1.165, 1.54) is 4.90 Å². The summed E-state index contributed by atoms with van der Waals surface area (Å²) in [5, 5.41) is 0. The van der Waals surface area contributed by atoms with Gasteiger partial charge >= 0.3 is 0 Å². The molecule has 1 heterocycles. The number of nitrogens with two attached hydrogens (primary N) is 1. The number of hydrogen-bond donors (Lipinski definition) is 1. The molecule has 1 rings (SSSR count). The first-order chi connectivity index (χ1) is 7.54. The predicted octanol–water partition coefficient (Wildman–Crippen LogP) is 0.00530. The maximum atomic E-state index is 12.1. The highest BCUT2D eigenvalue weighted by Gasteiger charge is 2.37. The summed E-state index contributed by atoms with van der Waals surface area (Å²) in [4.78, 5) is 13.6. The van der Waals surface area contributed by atoms with E-state index in [4.69, 9.17) is 5.73 Å². The SMILES string of the molecule is CN(C(=O)[C@H](N)C(C)(C)C)C1CCS(=O)(=O)C1. The van der Waals surface area contributed by atoms with E-state index in [2.05, 4.69) is 0 Å². The third kappa shape index (κ3) is 3.42. The molecule has 0 aromatic carbocycles. The second-order valence-electron chi connectivity index (χ2n) is 5.85. The standard InChI is InChI=1S/C11H22N2O3S/c1-11(2,3)9(12)10(14)13(4)8-5-6-17(15,16)7-8/h8-9H,5-7,12H2,1-4H3/t8?,9-/m0/s1. The van der Waals surface area contributed by atoms with E-state index in [9.17, 15) is 13.2 Å². The second-order valence-corrected chi connectivity index (χ2v) is 8.08. The highest BCUT2D eigenvalue weighted by molar-refractivity contribution is 7.91. The van der Waals surface area contributed by atoms with Crippen molar-refractivity contribution in [3.05, 3.63) is 0 Å². The van der Waals surface area contributed by atoms with Crippen LogP contribution in [0.4, 0.5) is 0 Å². The Morgan fingerprint density at radius 3 is 2.29 bits per heavy atom. The Bertz CT molecular complexity index is 397. The maximum absolute atomic E-state index is 12.1. The van der Waals surface area contributed by atoms with Crippen LogP contribution in [0.2, 0.25) is 0 Å². The van der Waals surface area contributed by atoms with Gasteiger partial charge in [0.15, 0.2) is 9.84 Å². The number of carbonyl (C=O) groups is 1. The summed E-state index contributed by atoms with van der Waals surface area (Å²) in [6.45, 7) is 5.69. The first-order valence-electron chi connectivity index (χ1n) is 5.77. The second kappa shape index (κ2) is 4.57. The minimum Gasteiger partial charge on any atom is -0.340 e. The lowest BCUT2D eigenvalue weighted by molar-refractivity contribution is -0.135. The lowest BCUT2D eigenvalue weighted by atomic mass is 9.86. The number of rotatable bonds is 2. The topological polar surface area (TPSA) is 80.5 Å². The summed E-state index contributed by atoms with van der Waals surface area (Å²) in [6, 6.07) is -0.822. The van der Waals surface area contributed by atoms with Crippen molar-refractivity contribution in [3.8, 4) is 0 Å². The van der Waals surface area contributed by atoms with Crippen molar-refractivity contribution in [1.82, 2.24) is 4.90 Å². The number of sulfone groups is 1. The van der Waals surface area contributed by atoms with Gasteiger partial charge in [-0.25, -0.2) is 8.42 Å². The summed E-state index contributed by atoms with van der Waals surface area (Å²) in [7, 11) is -1.33. The molecular formula is C11H22N2O3S. The minimum absolute atomic E-state index is 0.0616. The number of amides is 1. The van der Waals surface area contributed by atoms with Crippen molar-refractivity contribution < 1.29 is 13.2 Å². The Morgan fingerprint density at radius 1 is 1.41 bits per heavy atom. The third-order valence-electron chi connectivity index (χ3n) is 3.30. The van der Waals surface area contributed by atoms with Crippen LogP contribution in [-0.2, 0) is 14.6 Å². The molecule has 2 N–H and O–H groups in total. The fourth-order valence-electron chi connectivity index (χ4n) is 1.85. The van der Waals surface area contributed by atoms with Crippen molar-refractivity contribution in [2.24, 2.45) is 11.1 Å². The van der Waals surface area contributed by atoms with Crippen molar-refractivity contribution in [3.63, 3.8) is 0 Å². The molecule has 1 amide bonds. The molecule has 1 unspecified atom stereocenters. The molecule has 5 nitrogen and oxygen atoms in total. The van der Waals surface area contributed by atoms with E-state index in [1.807, 2.05) is 20.8 Å². The van der Waals surface area contributed by atoms with Crippen LogP contribution < -0.4 is 5.73 Å². The molecule has 100 valence electrons. The fraction of sp³-hybridized carbons (Fsp3) is 0.909. The number of likely N-dealkylation sites (N-methyl/N-ethyl adjacent to an activating group) is 1. The molecule has 0 aromatic rings. The highest BCUT2D eigenvalue weighted by atomic mass is 32.2. The van der Waals surface area contributed by atoms with Gasteiger partial charge in [0.25, 0.3) is 0 Å². The van der Waals surface area contributed by atoms with Gasteiger partial charge in [0, 0.05) is 13.1 Å². The van der Waals surface area contributed by atoms with Gasteiger partial charge in [-0.15, -0.1) is 0 Å². The summed E-state index contributed by atoms with van der Waals surface area (Å²) < 4.78 is 22.7. The van der Waals surface area contributed by atoms with Gasteiger partial charge in [-0.2, -0.15) is 0 Å². The molecule has 0 aliphatic carbocycles. The van der Waals surface area contributed by atoms with E-state index in [1.54, 1.807) is 7.05 Å². The van der Waals surface area contributed by atoms with Crippen LogP contribution in [0, 0.1) is 5.41 Å². The molecule has 0 radical (unpaired) electrons. The van der Waals surface area contributed by atoms with E-state index in [-0.39, 0.29) is 28.9 Å². The fourth-order valence-corrected chi connectivity index (χ4v) is 3.62. The summed E-state index contributed by atoms with van der Waals surface area (Å²) >= 11 is 0. The molecule has 1 fully saturated rings. The van der Waals surface area contributed by atoms with Crippen LogP contribution in [-0.4, -0.2) is 49.9 Å². The zero-order chi connectivity index (χ0) is 13.4. The largest absolute Gasteiger partial charge is 0.340 e. The number of nitrogens with zero attached hydrogens (tertiary/aromatic N) is 1. The zero-order valence-corrected chi connectivity index (χ0v) is 11.8. The Hall–Kier alpha value is -0.620. The molecule has 1 aliphatic rings. The van der Waals surface area contributed by atoms with Crippen LogP contribution in [0.25, 0.3) is 0 Å². The number of hydrogen-bond acceptors (Lipinski definition) is 4. The van der Waals surface area contributed by atoms with E-state index in [0.717, 1.165) is 0 Å². The lowest BCUT2D eigenvalue weighted by Gasteiger charge is -2.32.